The molecule has 0 aliphatic heterocycles. The van der Waals surface area contributed by atoms with E-state index >= 15 is 0 Å². The minimum atomic E-state index is -0.988. The Morgan fingerprint density at radius 3 is 2.26 bits per heavy atom. The number of benzene rings is 2. The third-order valence-corrected chi connectivity index (χ3v) is 6.56. The van der Waals surface area contributed by atoms with E-state index in [0.29, 0.717) is 29.2 Å². The molecule has 0 spiro atoms. The molecule has 0 fully saturated rings. The Balaban J connectivity index is 2.50. The Morgan fingerprint density at radius 2 is 1.71 bits per heavy atom. The minimum Gasteiger partial charge on any atom is -0.444 e. The van der Waals surface area contributed by atoms with Gasteiger partial charge in [0.25, 0.3) is 5.91 Å². The van der Waals surface area contributed by atoms with Crippen LogP contribution >= 0.6 is 24.2 Å². The third-order valence-electron chi connectivity index (χ3n) is 5.88. The fourth-order valence-electron chi connectivity index (χ4n) is 3.94. The number of amides is 3. The second kappa shape index (κ2) is 14.4. The summed E-state index contributed by atoms with van der Waals surface area (Å²) in [7, 11) is 0. The number of ether oxygens (including phenoxy) is 1. The first-order chi connectivity index (χ1) is 17.9. The maximum absolute atomic E-state index is 13.9. The normalized spacial score (nSPS) is 12.8. The Labute approximate surface area is 237 Å². The van der Waals surface area contributed by atoms with E-state index in [0.717, 1.165) is 24.0 Å². The molecule has 0 heterocycles. The van der Waals surface area contributed by atoms with Crippen molar-refractivity contribution in [3.8, 4) is 0 Å². The summed E-state index contributed by atoms with van der Waals surface area (Å²) < 4.78 is 5.36. The van der Waals surface area contributed by atoms with Crippen molar-refractivity contribution in [3.63, 3.8) is 0 Å². The molecule has 0 bridgehead atoms. The predicted molar refractivity (Wildman–Crippen MR) is 157 cm³/mol. The van der Waals surface area contributed by atoms with Crippen LogP contribution in [0.25, 0.3) is 0 Å². The average Bonchev–Trinajstić information content (AvgIpc) is 2.84. The quantitative estimate of drug-likeness (QED) is 0.216. The van der Waals surface area contributed by atoms with Crippen molar-refractivity contribution >= 4 is 47.8 Å². The smallest absolute Gasteiger partial charge is 0.408 e. The number of alkyl carbamates (subject to hydrolysis) is 1. The molecule has 0 saturated carbocycles. The number of rotatable bonds is 11. The number of nitrogens with zero attached hydrogens (tertiary/aromatic N) is 1. The van der Waals surface area contributed by atoms with Crippen LogP contribution in [-0.4, -0.2) is 46.7 Å². The van der Waals surface area contributed by atoms with E-state index < -0.39 is 35.6 Å². The van der Waals surface area contributed by atoms with Gasteiger partial charge in [0.15, 0.2) is 0 Å². The van der Waals surface area contributed by atoms with Crippen molar-refractivity contribution in [1.29, 1.82) is 0 Å². The van der Waals surface area contributed by atoms with Crippen LogP contribution in [-0.2, 0) is 14.3 Å². The molecule has 2 N–H and O–H groups in total. The van der Waals surface area contributed by atoms with E-state index in [2.05, 4.69) is 30.2 Å². The number of thiol groups is 1. The van der Waals surface area contributed by atoms with Gasteiger partial charge in [0, 0.05) is 12.3 Å². The van der Waals surface area contributed by atoms with Crippen LogP contribution < -0.4 is 10.6 Å². The second-order valence-electron chi connectivity index (χ2n) is 10.4. The van der Waals surface area contributed by atoms with Gasteiger partial charge in [-0.15, -0.1) is 0 Å². The van der Waals surface area contributed by atoms with Gasteiger partial charge in [-0.25, -0.2) is 4.79 Å². The standard InChI is InChI=1S/C29H40ClN3O4S/c1-7-8-9-17-33(27(35)23(18-38)31-28(36)37-29(4,5)6)25(21-15-13-19(2)14-16-21)26(34)32-24-20(3)11-10-12-22(24)30/h10-16,23,25,38H,7-9,17-18H2,1-6H3,(H,31,36)(H,32,34). The van der Waals surface area contributed by atoms with Crippen molar-refractivity contribution in [3.05, 3.63) is 64.2 Å². The molecule has 0 saturated heterocycles. The zero-order valence-corrected chi connectivity index (χ0v) is 24.8. The summed E-state index contributed by atoms with van der Waals surface area (Å²) in [4.78, 5) is 41.9. The van der Waals surface area contributed by atoms with Crippen molar-refractivity contribution in [2.24, 2.45) is 0 Å². The monoisotopic (exact) mass is 561 g/mol. The minimum absolute atomic E-state index is 0.0359. The average molecular weight is 562 g/mol. The van der Waals surface area contributed by atoms with E-state index in [-0.39, 0.29) is 5.75 Å². The van der Waals surface area contributed by atoms with Gasteiger partial charge in [0.05, 0.1) is 10.7 Å². The molecule has 7 nitrogen and oxygen atoms in total. The van der Waals surface area contributed by atoms with Gasteiger partial charge in [-0.1, -0.05) is 73.3 Å². The molecular weight excluding hydrogens is 522 g/mol. The molecular formula is C29H40ClN3O4S. The first kappa shape index (κ1) is 31.5. The number of unbranched alkanes of at least 4 members (excludes halogenated alkanes) is 2. The van der Waals surface area contributed by atoms with E-state index in [4.69, 9.17) is 16.3 Å². The summed E-state index contributed by atoms with van der Waals surface area (Å²) in [6, 6.07) is 10.9. The van der Waals surface area contributed by atoms with Crippen molar-refractivity contribution in [2.75, 3.05) is 17.6 Å². The first-order valence-electron chi connectivity index (χ1n) is 12.9. The molecule has 3 amide bonds. The molecule has 2 aromatic carbocycles. The van der Waals surface area contributed by atoms with Crippen LogP contribution in [0.4, 0.5) is 10.5 Å². The molecule has 2 atom stereocenters. The van der Waals surface area contributed by atoms with Crippen LogP contribution in [0, 0.1) is 13.8 Å². The molecule has 38 heavy (non-hydrogen) atoms. The number of anilines is 1. The van der Waals surface area contributed by atoms with E-state index in [1.807, 2.05) is 50.2 Å². The fourth-order valence-corrected chi connectivity index (χ4v) is 4.45. The van der Waals surface area contributed by atoms with Gasteiger partial charge in [-0.3, -0.25) is 9.59 Å². The van der Waals surface area contributed by atoms with E-state index in [9.17, 15) is 14.4 Å². The number of halogens is 1. The highest BCUT2D eigenvalue weighted by Gasteiger charge is 2.36. The Kier molecular flexibility index (Phi) is 12.0. The fraction of sp³-hybridized carbons (Fsp3) is 0.483. The van der Waals surface area contributed by atoms with Crippen molar-refractivity contribution in [1.82, 2.24) is 10.2 Å². The number of hydrogen-bond donors (Lipinski definition) is 3. The van der Waals surface area contributed by atoms with Gasteiger partial charge in [-0.2, -0.15) is 12.6 Å². The summed E-state index contributed by atoms with van der Waals surface area (Å²) in [5.41, 5.74) is 2.25. The van der Waals surface area contributed by atoms with E-state index in [1.165, 1.54) is 4.90 Å². The summed E-state index contributed by atoms with van der Waals surface area (Å²) >= 11 is 10.7. The Hall–Kier alpha value is -2.71. The van der Waals surface area contributed by atoms with Gasteiger partial charge in [-0.05, 0) is 58.2 Å². The van der Waals surface area contributed by atoms with Gasteiger partial charge < -0.3 is 20.3 Å². The maximum atomic E-state index is 13.9. The summed E-state index contributed by atoms with van der Waals surface area (Å²) in [6.45, 7) is 11.4. The number of para-hydroxylation sites is 1. The number of aryl methyl sites for hydroxylation is 2. The molecule has 0 aromatic heterocycles. The van der Waals surface area contributed by atoms with Crippen LogP contribution in [0.3, 0.4) is 0 Å². The molecule has 208 valence electrons. The third kappa shape index (κ3) is 9.24. The highest BCUT2D eigenvalue weighted by Crippen LogP contribution is 2.30. The number of carbonyl (C=O) groups excluding carboxylic acids is 3. The SMILES string of the molecule is CCCCCN(C(=O)C(CS)NC(=O)OC(C)(C)C)C(C(=O)Nc1c(C)cccc1Cl)c1ccc(C)cc1. The van der Waals surface area contributed by atoms with Crippen molar-refractivity contribution < 1.29 is 19.1 Å². The van der Waals surface area contributed by atoms with Crippen LogP contribution in [0.15, 0.2) is 42.5 Å². The zero-order chi connectivity index (χ0) is 28.5. The number of carbonyl (C=O) groups is 3. The number of hydrogen-bond acceptors (Lipinski definition) is 5. The molecule has 9 heteroatoms. The highest BCUT2D eigenvalue weighted by atomic mass is 35.5. The summed E-state index contributed by atoms with van der Waals surface area (Å²) in [5.74, 6) is -0.780. The molecule has 0 aliphatic carbocycles. The lowest BCUT2D eigenvalue weighted by Crippen LogP contribution is -2.53. The van der Waals surface area contributed by atoms with Crippen molar-refractivity contribution in [2.45, 2.75) is 78.5 Å². The van der Waals surface area contributed by atoms with Crippen LogP contribution in [0.1, 0.15) is 69.7 Å². The molecule has 2 rings (SSSR count). The Morgan fingerprint density at radius 1 is 1.05 bits per heavy atom. The van der Waals surface area contributed by atoms with E-state index in [1.54, 1.807) is 26.8 Å². The molecule has 0 radical (unpaired) electrons. The Bertz CT molecular complexity index is 1080. The van der Waals surface area contributed by atoms with Gasteiger partial charge in [0.1, 0.15) is 17.7 Å². The maximum Gasteiger partial charge on any atom is 0.408 e. The summed E-state index contributed by atoms with van der Waals surface area (Å²) in [5, 5.41) is 5.99. The molecule has 0 aliphatic rings. The largest absolute Gasteiger partial charge is 0.444 e. The topological polar surface area (TPSA) is 87.7 Å². The lowest BCUT2D eigenvalue weighted by atomic mass is 10.0. The van der Waals surface area contributed by atoms with Gasteiger partial charge in [0.2, 0.25) is 5.91 Å². The molecule has 2 unspecified atom stereocenters. The zero-order valence-electron chi connectivity index (χ0n) is 23.1. The highest BCUT2D eigenvalue weighted by molar-refractivity contribution is 7.80. The lowest BCUT2D eigenvalue weighted by Gasteiger charge is -2.34. The first-order valence-corrected chi connectivity index (χ1v) is 13.9. The molecule has 2 aromatic rings. The van der Waals surface area contributed by atoms with Crippen LogP contribution in [0.2, 0.25) is 5.02 Å². The second-order valence-corrected chi connectivity index (χ2v) is 11.1. The predicted octanol–water partition coefficient (Wildman–Crippen LogP) is 6.48. The lowest BCUT2D eigenvalue weighted by molar-refractivity contribution is -0.140. The van der Waals surface area contributed by atoms with Crippen LogP contribution in [0.5, 0.6) is 0 Å². The summed E-state index contributed by atoms with van der Waals surface area (Å²) in [6.07, 6.45) is 1.78. The van der Waals surface area contributed by atoms with Gasteiger partial charge >= 0.3 is 6.09 Å². The number of nitrogens with one attached hydrogen (secondary N) is 2.